The zero-order chi connectivity index (χ0) is 17.7. The molecule has 1 aromatic rings. The molecule has 0 saturated carbocycles. The molecule has 132 valence electrons. The van der Waals surface area contributed by atoms with Gasteiger partial charge in [-0.15, -0.1) is 0 Å². The van der Waals surface area contributed by atoms with Crippen LogP contribution in [0, 0.1) is 0 Å². The van der Waals surface area contributed by atoms with Crippen molar-refractivity contribution < 1.29 is 9.59 Å². The topological polar surface area (TPSA) is 86.1 Å². The van der Waals surface area contributed by atoms with Gasteiger partial charge in [0.2, 0.25) is 11.8 Å². The van der Waals surface area contributed by atoms with E-state index in [0.29, 0.717) is 32.0 Å². The van der Waals surface area contributed by atoms with Gasteiger partial charge in [0, 0.05) is 60.4 Å². The molecule has 2 amide bonds. The summed E-state index contributed by atoms with van der Waals surface area (Å²) in [6.45, 7) is 1.97. The van der Waals surface area contributed by atoms with Crippen molar-refractivity contribution in [1.29, 1.82) is 0 Å². The van der Waals surface area contributed by atoms with Crippen molar-refractivity contribution in [2.75, 3.05) is 52.2 Å². The Bertz CT molecular complexity index is 623. The summed E-state index contributed by atoms with van der Waals surface area (Å²) >= 11 is 0. The van der Waals surface area contributed by atoms with Gasteiger partial charge in [0.05, 0.1) is 11.9 Å². The van der Waals surface area contributed by atoms with Crippen LogP contribution in [0.2, 0.25) is 0 Å². The van der Waals surface area contributed by atoms with Crippen LogP contribution in [0.3, 0.4) is 0 Å². The Morgan fingerprint density at radius 1 is 1.42 bits per heavy atom. The molecule has 0 unspecified atom stereocenters. The van der Waals surface area contributed by atoms with E-state index >= 15 is 0 Å². The van der Waals surface area contributed by atoms with E-state index in [9.17, 15) is 9.59 Å². The highest BCUT2D eigenvalue weighted by Gasteiger charge is 2.27. The third-order valence-electron chi connectivity index (χ3n) is 3.86. The summed E-state index contributed by atoms with van der Waals surface area (Å²) in [6, 6.07) is 0. The van der Waals surface area contributed by atoms with Crippen molar-refractivity contribution in [2.45, 2.75) is 6.42 Å². The maximum atomic E-state index is 12.4. The number of nitrogens with one attached hydrogen (secondary N) is 1. The molecule has 1 saturated heterocycles. The second kappa shape index (κ2) is 7.80. The minimum atomic E-state index is 0.00145. The number of guanidine groups is 1. The molecule has 9 nitrogen and oxygen atoms in total. The van der Waals surface area contributed by atoms with Crippen LogP contribution in [0.25, 0.3) is 0 Å². The quantitative estimate of drug-likeness (QED) is 0.571. The third-order valence-corrected chi connectivity index (χ3v) is 3.86. The average molecular weight is 335 g/mol. The zero-order valence-electron chi connectivity index (χ0n) is 14.7. The Labute approximate surface area is 141 Å². The van der Waals surface area contributed by atoms with E-state index in [1.807, 2.05) is 18.1 Å². The lowest BCUT2D eigenvalue weighted by Gasteiger charge is -2.35. The maximum Gasteiger partial charge on any atom is 0.246 e. The molecule has 2 rings (SSSR count). The number of nitrogens with zero attached hydrogens (tertiary/aromatic N) is 6. The number of carbonyl (C=O) groups excluding carboxylic acids is 2. The molecule has 9 heteroatoms. The smallest absolute Gasteiger partial charge is 0.246 e. The van der Waals surface area contributed by atoms with Crippen molar-refractivity contribution >= 4 is 23.5 Å². The van der Waals surface area contributed by atoms with Crippen LogP contribution >= 0.6 is 0 Å². The first-order valence-corrected chi connectivity index (χ1v) is 7.87. The molecule has 0 radical (unpaired) electrons. The fourth-order valence-electron chi connectivity index (χ4n) is 2.51. The van der Waals surface area contributed by atoms with Crippen LogP contribution in [0.4, 0.5) is 5.69 Å². The summed E-state index contributed by atoms with van der Waals surface area (Å²) in [5, 5.41) is 7.25. The Kier molecular flexibility index (Phi) is 5.78. The van der Waals surface area contributed by atoms with Crippen LogP contribution in [0.15, 0.2) is 17.4 Å². The molecular formula is C15H25N7O2. The first kappa shape index (κ1) is 17.8. The van der Waals surface area contributed by atoms with Gasteiger partial charge < -0.3 is 20.0 Å². The molecule has 0 bridgehead atoms. The molecule has 1 aliphatic heterocycles. The van der Waals surface area contributed by atoms with Crippen LogP contribution in [-0.4, -0.2) is 84.7 Å². The Morgan fingerprint density at radius 3 is 2.71 bits per heavy atom. The Hall–Kier alpha value is -2.58. The molecule has 24 heavy (non-hydrogen) atoms. The fourth-order valence-corrected chi connectivity index (χ4v) is 2.51. The maximum absolute atomic E-state index is 12.4. The second-order valence-electron chi connectivity index (χ2n) is 5.85. The minimum Gasteiger partial charge on any atom is -0.356 e. The van der Waals surface area contributed by atoms with Gasteiger partial charge in [0.1, 0.15) is 6.54 Å². The van der Waals surface area contributed by atoms with Crippen LogP contribution < -0.4 is 10.2 Å². The van der Waals surface area contributed by atoms with Gasteiger partial charge in [0.25, 0.3) is 0 Å². The summed E-state index contributed by atoms with van der Waals surface area (Å²) in [7, 11) is 6.96. The van der Waals surface area contributed by atoms with Crippen LogP contribution in [0.5, 0.6) is 0 Å². The first-order chi connectivity index (χ1) is 11.4. The number of aliphatic imine (C=N–C) groups is 1. The van der Waals surface area contributed by atoms with E-state index in [0.717, 1.165) is 5.69 Å². The third kappa shape index (κ3) is 4.24. The van der Waals surface area contributed by atoms with Crippen molar-refractivity contribution in [3.63, 3.8) is 0 Å². The lowest BCUT2D eigenvalue weighted by Crippen LogP contribution is -2.55. The van der Waals surface area contributed by atoms with Crippen molar-refractivity contribution in [1.82, 2.24) is 24.9 Å². The summed E-state index contributed by atoms with van der Waals surface area (Å²) < 4.78 is 1.68. The number of rotatable bonds is 4. The fraction of sp³-hybridized carbons (Fsp3) is 0.600. The number of piperazine rings is 1. The number of amides is 2. The summed E-state index contributed by atoms with van der Waals surface area (Å²) in [5.74, 6) is 0.692. The molecule has 0 aliphatic carbocycles. The molecule has 1 aliphatic rings. The highest BCUT2D eigenvalue weighted by molar-refractivity contribution is 5.98. The highest BCUT2D eigenvalue weighted by atomic mass is 16.2. The molecule has 1 fully saturated rings. The van der Waals surface area contributed by atoms with Gasteiger partial charge >= 0.3 is 0 Å². The van der Waals surface area contributed by atoms with Gasteiger partial charge in [-0.1, -0.05) is 0 Å². The molecule has 0 aromatic carbocycles. The van der Waals surface area contributed by atoms with Crippen molar-refractivity contribution in [2.24, 2.45) is 12.0 Å². The summed E-state index contributed by atoms with van der Waals surface area (Å²) in [5.41, 5.74) is 0.807. The lowest BCUT2D eigenvalue weighted by molar-refractivity contribution is -0.128. The van der Waals surface area contributed by atoms with E-state index in [2.05, 4.69) is 15.4 Å². The molecular weight excluding hydrogens is 310 g/mol. The number of aryl methyl sites for hydroxylation is 1. The number of anilines is 1. The Morgan fingerprint density at radius 2 is 2.17 bits per heavy atom. The zero-order valence-corrected chi connectivity index (χ0v) is 14.7. The largest absolute Gasteiger partial charge is 0.356 e. The van der Waals surface area contributed by atoms with Crippen molar-refractivity contribution in [3.05, 3.63) is 12.4 Å². The average Bonchev–Trinajstić information content (AvgIpc) is 2.97. The predicted molar refractivity (Wildman–Crippen MR) is 91.8 cm³/mol. The van der Waals surface area contributed by atoms with E-state index in [-0.39, 0.29) is 18.4 Å². The van der Waals surface area contributed by atoms with Gasteiger partial charge in [0.15, 0.2) is 5.96 Å². The predicted octanol–water partition coefficient (Wildman–Crippen LogP) is -0.878. The molecule has 1 aromatic heterocycles. The summed E-state index contributed by atoms with van der Waals surface area (Å²) in [6.07, 6.45) is 3.90. The summed E-state index contributed by atoms with van der Waals surface area (Å²) in [4.78, 5) is 33.4. The standard InChI is InChI=1S/C15H25N7O2/c1-16-15(17-6-5-13(23)19(2)3)21-7-8-22(14(24)11-21)12-9-18-20(4)10-12/h9-10H,5-8,11H2,1-4H3,(H,16,17). The normalized spacial score (nSPS) is 15.7. The highest BCUT2D eigenvalue weighted by Crippen LogP contribution is 2.15. The minimum absolute atomic E-state index is 0.00145. The van der Waals surface area contributed by atoms with Gasteiger partial charge in [-0.2, -0.15) is 5.10 Å². The van der Waals surface area contributed by atoms with Gasteiger partial charge in [-0.3, -0.25) is 19.3 Å². The van der Waals surface area contributed by atoms with Gasteiger partial charge in [-0.05, 0) is 0 Å². The number of carbonyl (C=O) groups is 2. The first-order valence-electron chi connectivity index (χ1n) is 7.87. The van der Waals surface area contributed by atoms with Crippen molar-refractivity contribution in [3.8, 4) is 0 Å². The van der Waals surface area contributed by atoms with E-state index in [1.165, 1.54) is 0 Å². The number of aromatic nitrogens is 2. The van der Waals surface area contributed by atoms with E-state index in [1.54, 1.807) is 41.8 Å². The van der Waals surface area contributed by atoms with Crippen LogP contribution in [-0.2, 0) is 16.6 Å². The van der Waals surface area contributed by atoms with Gasteiger partial charge in [-0.25, -0.2) is 0 Å². The number of hydrogen-bond acceptors (Lipinski definition) is 4. The number of hydrogen-bond donors (Lipinski definition) is 1. The second-order valence-corrected chi connectivity index (χ2v) is 5.85. The molecule has 2 heterocycles. The lowest BCUT2D eigenvalue weighted by atomic mass is 10.3. The van der Waals surface area contributed by atoms with E-state index < -0.39 is 0 Å². The SMILES string of the molecule is CN=C(NCCC(=O)N(C)C)N1CCN(c2cnn(C)c2)C(=O)C1. The molecule has 1 N–H and O–H groups in total. The monoisotopic (exact) mass is 335 g/mol. The van der Waals surface area contributed by atoms with E-state index in [4.69, 9.17) is 0 Å². The van der Waals surface area contributed by atoms with Crippen LogP contribution in [0.1, 0.15) is 6.42 Å². The molecule has 0 spiro atoms. The molecule has 0 atom stereocenters. The Balaban J connectivity index is 1.89.